The van der Waals surface area contributed by atoms with Crippen LogP contribution in [0.1, 0.15) is 18.9 Å². The predicted molar refractivity (Wildman–Crippen MR) is 51.0 cm³/mol. The maximum atomic E-state index is 5.65. The second-order valence-electron chi connectivity index (χ2n) is 3.92. The van der Waals surface area contributed by atoms with E-state index < -0.39 is 0 Å². The van der Waals surface area contributed by atoms with Crippen molar-refractivity contribution in [3.63, 3.8) is 0 Å². The molecule has 1 saturated carbocycles. The summed E-state index contributed by atoms with van der Waals surface area (Å²) >= 11 is 0. The lowest BCUT2D eigenvalue weighted by atomic mass is 9.96. The van der Waals surface area contributed by atoms with Gasteiger partial charge < -0.3 is 5.73 Å². The summed E-state index contributed by atoms with van der Waals surface area (Å²) in [6, 6.07) is 10.7. The molecule has 0 amide bonds. The molecule has 64 valence electrons. The third-order valence-corrected chi connectivity index (χ3v) is 3.13. The van der Waals surface area contributed by atoms with Crippen molar-refractivity contribution in [2.24, 2.45) is 11.7 Å². The first-order chi connectivity index (χ1) is 5.77. The Morgan fingerprint density at radius 3 is 2.58 bits per heavy atom. The molecule has 12 heavy (non-hydrogen) atoms. The van der Waals surface area contributed by atoms with E-state index in [0.29, 0.717) is 11.3 Å². The van der Waals surface area contributed by atoms with Crippen molar-refractivity contribution in [3.8, 4) is 0 Å². The van der Waals surface area contributed by atoms with Crippen LogP contribution in [-0.2, 0) is 5.41 Å². The van der Waals surface area contributed by atoms with Gasteiger partial charge in [0.1, 0.15) is 0 Å². The van der Waals surface area contributed by atoms with E-state index in [0.717, 1.165) is 6.54 Å². The lowest BCUT2D eigenvalue weighted by Gasteiger charge is -2.10. The lowest BCUT2D eigenvalue weighted by molar-refractivity contribution is 0.666. The summed E-state index contributed by atoms with van der Waals surface area (Å²) in [4.78, 5) is 0. The summed E-state index contributed by atoms with van der Waals surface area (Å²) in [5.74, 6) is 0.708. The topological polar surface area (TPSA) is 26.0 Å². The SMILES string of the molecule is C[C@]1(c2ccccc2)C[C@H]1CN. The number of nitrogens with two attached hydrogens (primary N) is 1. The van der Waals surface area contributed by atoms with Crippen LogP contribution in [0.4, 0.5) is 0 Å². The molecule has 1 aliphatic carbocycles. The number of hydrogen-bond donors (Lipinski definition) is 1. The minimum absolute atomic E-state index is 0.385. The van der Waals surface area contributed by atoms with E-state index in [4.69, 9.17) is 5.73 Å². The molecule has 0 spiro atoms. The van der Waals surface area contributed by atoms with E-state index in [2.05, 4.69) is 37.3 Å². The summed E-state index contributed by atoms with van der Waals surface area (Å²) < 4.78 is 0. The quantitative estimate of drug-likeness (QED) is 0.704. The highest BCUT2D eigenvalue weighted by molar-refractivity contribution is 5.32. The Balaban J connectivity index is 2.23. The van der Waals surface area contributed by atoms with Gasteiger partial charge in [-0.15, -0.1) is 0 Å². The number of hydrogen-bond acceptors (Lipinski definition) is 1. The largest absolute Gasteiger partial charge is 0.330 e. The van der Waals surface area contributed by atoms with Gasteiger partial charge in [0.2, 0.25) is 0 Å². The van der Waals surface area contributed by atoms with Gasteiger partial charge in [-0.3, -0.25) is 0 Å². The summed E-state index contributed by atoms with van der Waals surface area (Å²) in [6.07, 6.45) is 1.26. The van der Waals surface area contributed by atoms with Gasteiger partial charge in [0.05, 0.1) is 0 Å². The molecule has 1 nitrogen and oxygen atoms in total. The van der Waals surface area contributed by atoms with Crippen LogP contribution in [0.2, 0.25) is 0 Å². The van der Waals surface area contributed by atoms with Crippen molar-refractivity contribution in [2.45, 2.75) is 18.8 Å². The second-order valence-corrected chi connectivity index (χ2v) is 3.92. The first kappa shape index (κ1) is 7.81. The van der Waals surface area contributed by atoms with Gasteiger partial charge in [0.25, 0.3) is 0 Å². The van der Waals surface area contributed by atoms with Crippen molar-refractivity contribution in [1.82, 2.24) is 0 Å². The third-order valence-electron chi connectivity index (χ3n) is 3.13. The predicted octanol–water partition coefficient (Wildman–Crippen LogP) is 1.92. The molecular formula is C11H15N. The molecule has 2 rings (SSSR count). The van der Waals surface area contributed by atoms with Crippen LogP contribution in [0, 0.1) is 5.92 Å². The van der Waals surface area contributed by atoms with Crippen LogP contribution in [0.5, 0.6) is 0 Å². The maximum absolute atomic E-state index is 5.65. The number of rotatable bonds is 2. The monoisotopic (exact) mass is 161 g/mol. The van der Waals surface area contributed by atoms with E-state index in [-0.39, 0.29) is 0 Å². The molecule has 0 unspecified atom stereocenters. The first-order valence-electron chi connectivity index (χ1n) is 4.53. The van der Waals surface area contributed by atoms with Crippen molar-refractivity contribution >= 4 is 0 Å². The van der Waals surface area contributed by atoms with E-state index in [1.54, 1.807) is 0 Å². The zero-order chi connectivity index (χ0) is 8.60. The minimum Gasteiger partial charge on any atom is -0.330 e. The summed E-state index contributed by atoms with van der Waals surface area (Å²) in [5, 5.41) is 0. The van der Waals surface area contributed by atoms with Crippen LogP contribution in [0.15, 0.2) is 30.3 Å². The van der Waals surface area contributed by atoms with Crippen molar-refractivity contribution in [2.75, 3.05) is 6.54 Å². The highest BCUT2D eigenvalue weighted by Crippen LogP contribution is 2.53. The molecule has 0 heterocycles. The summed E-state index contributed by atoms with van der Waals surface area (Å²) in [5.41, 5.74) is 7.48. The molecule has 2 N–H and O–H groups in total. The van der Waals surface area contributed by atoms with E-state index in [1.807, 2.05) is 0 Å². The van der Waals surface area contributed by atoms with Gasteiger partial charge in [-0.05, 0) is 29.9 Å². The van der Waals surface area contributed by atoms with E-state index in [9.17, 15) is 0 Å². The Labute approximate surface area is 73.6 Å². The van der Waals surface area contributed by atoms with E-state index in [1.165, 1.54) is 12.0 Å². The highest BCUT2D eigenvalue weighted by atomic mass is 14.7. The van der Waals surface area contributed by atoms with Gasteiger partial charge in [0.15, 0.2) is 0 Å². The molecular weight excluding hydrogens is 146 g/mol. The molecule has 1 aromatic carbocycles. The highest BCUT2D eigenvalue weighted by Gasteiger charge is 2.49. The smallest absolute Gasteiger partial charge is 0.00313 e. The molecule has 1 heteroatoms. The average molecular weight is 161 g/mol. The maximum Gasteiger partial charge on any atom is -0.00313 e. The fourth-order valence-corrected chi connectivity index (χ4v) is 1.97. The molecule has 0 aliphatic heterocycles. The number of benzene rings is 1. The summed E-state index contributed by atoms with van der Waals surface area (Å²) in [6.45, 7) is 3.13. The molecule has 1 fully saturated rings. The van der Waals surface area contributed by atoms with Gasteiger partial charge in [-0.2, -0.15) is 0 Å². The van der Waals surface area contributed by atoms with Crippen molar-refractivity contribution in [3.05, 3.63) is 35.9 Å². The van der Waals surface area contributed by atoms with Crippen LogP contribution in [-0.4, -0.2) is 6.54 Å². The fourth-order valence-electron chi connectivity index (χ4n) is 1.97. The van der Waals surface area contributed by atoms with Crippen LogP contribution in [0.3, 0.4) is 0 Å². The van der Waals surface area contributed by atoms with E-state index >= 15 is 0 Å². The summed E-state index contributed by atoms with van der Waals surface area (Å²) in [7, 11) is 0. The lowest BCUT2D eigenvalue weighted by Crippen LogP contribution is -2.11. The molecule has 0 radical (unpaired) electrons. The van der Waals surface area contributed by atoms with Gasteiger partial charge in [-0.1, -0.05) is 37.3 Å². The first-order valence-corrected chi connectivity index (χ1v) is 4.53. The normalized spacial score (nSPS) is 33.3. The Hall–Kier alpha value is -0.820. The van der Waals surface area contributed by atoms with Gasteiger partial charge in [0, 0.05) is 0 Å². The molecule has 2 atom stereocenters. The fraction of sp³-hybridized carbons (Fsp3) is 0.455. The standard InChI is InChI=1S/C11H15N/c1-11(7-10(11)8-12)9-5-3-2-4-6-9/h2-6,10H,7-8,12H2,1H3/t10-,11+/m0/s1. The van der Waals surface area contributed by atoms with Gasteiger partial charge in [-0.25, -0.2) is 0 Å². The Morgan fingerprint density at radius 2 is 2.08 bits per heavy atom. The second kappa shape index (κ2) is 2.60. The van der Waals surface area contributed by atoms with Crippen LogP contribution >= 0.6 is 0 Å². The van der Waals surface area contributed by atoms with Gasteiger partial charge >= 0.3 is 0 Å². The Bertz CT molecular complexity index is 268. The molecule has 0 saturated heterocycles. The third kappa shape index (κ3) is 1.05. The van der Waals surface area contributed by atoms with Crippen LogP contribution in [0.25, 0.3) is 0 Å². The minimum atomic E-state index is 0.385. The zero-order valence-corrected chi connectivity index (χ0v) is 7.46. The molecule has 0 aromatic heterocycles. The van der Waals surface area contributed by atoms with Crippen molar-refractivity contribution in [1.29, 1.82) is 0 Å². The Kier molecular flexibility index (Phi) is 1.69. The van der Waals surface area contributed by atoms with Crippen LogP contribution < -0.4 is 5.73 Å². The Morgan fingerprint density at radius 1 is 1.42 bits per heavy atom. The molecule has 1 aromatic rings. The average Bonchev–Trinajstić information content (AvgIpc) is 2.81. The molecule has 0 bridgehead atoms. The van der Waals surface area contributed by atoms with Crippen molar-refractivity contribution < 1.29 is 0 Å². The molecule has 1 aliphatic rings. The zero-order valence-electron chi connectivity index (χ0n) is 7.46.